The van der Waals surface area contributed by atoms with Gasteiger partial charge < -0.3 is 19.5 Å². The molecule has 0 aromatic heterocycles. The second-order valence-electron chi connectivity index (χ2n) is 6.01. The normalized spacial score (nSPS) is 10.7. The number of hydrogen-bond donors (Lipinski definition) is 1. The number of hydrogen-bond acceptors (Lipinski definition) is 5. The number of carboxylic acids is 1. The van der Waals surface area contributed by atoms with Crippen LogP contribution in [0.4, 0.5) is 0 Å². The van der Waals surface area contributed by atoms with Crippen LogP contribution < -0.4 is 9.47 Å². The molecule has 28 heavy (non-hydrogen) atoms. The molecule has 0 fully saturated rings. The first-order chi connectivity index (χ1) is 13.5. The summed E-state index contributed by atoms with van der Waals surface area (Å²) in [6.07, 6.45) is 3.27. The van der Waals surface area contributed by atoms with Crippen molar-refractivity contribution >= 4 is 11.8 Å². The number of carbonyl (C=O) groups is 2. The van der Waals surface area contributed by atoms with E-state index in [4.69, 9.17) is 9.47 Å². The molecule has 0 unspecified atom stereocenters. The molecule has 2 rings (SSSR count). The lowest BCUT2D eigenvalue weighted by molar-refractivity contribution is 0.0693. The fourth-order valence-electron chi connectivity index (χ4n) is 2.66. The molecule has 148 valence electrons. The number of carbonyl (C=O) groups excluding carboxylic acids is 1. The van der Waals surface area contributed by atoms with Gasteiger partial charge in [0, 0.05) is 37.0 Å². The van der Waals surface area contributed by atoms with Gasteiger partial charge in [-0.15, -0.1) is 0 Å². The van der Waals surface area contributed by atoms with Crippen LogP contribution in [0, 0.1) is 0 Å². The Morgan fingerprint density at radius 1 is 1.07 bits per heavy atom. The quantitative estimate of drug-likeness (QED) is 0.493. The number of nitrogens with zero attached hydrogens (tertiary/aromatic N) is 1. The molecular weight excluding hydrogens is 358 g/mol. The highest BCUT2D eigenvalue weighted by atomic mass is 16.5. The third-order valence-electron chi connectivity index (χ3n) is 4.33. The third kappa shape index (κ3) is 5.36. The van der Waals surface area contributed by atoms with E-state index in [-0.39, 0.29) is 18.0 Å². The molecule has 0 amide bonds. The minimum Gasteiger partial charge on any atom is -0.497 e. The number of benzene rings is 2. The topological polar surface area (TPSA) is 76.1 Å². The van der Waals surface area contributed by atoms with Gasteiger partial charge in [0.1, 0.15) is 18.1 Å². The molecular formula is C22H25NO5. The maximum atomic E-state index is 12.7. The van der Waals surface area contributed by atoms with Crippen molar-refractivity contribution in [3.05, 3.63) is 71.4 Å². The average Bonchev–Trinajstić information content (AvgIpc) is 2.72. The van der Waals surface area contributed by atoms with Gasteiger partial charge in [-0.3, -0.25) is 4.79 Å². The summed E-state index contributed by atoms with van der Waals surface area (Å²) in [5, 5.41) is 9.31. The van der Waals surface area contributed by atoms with Crippen molar-refractivity contribution < 1.29 is 24.2 Å². The van der Waals surface area contributed by atoms with Crippen LogP contribution in [0.3, 0.4) is 0 Å². The molecule has 0 radical (unpaired) electrons. The summed E-state index contributed by atoms with van der Waals surface area (Å²) in [5.74, 6) is -0.334. The molecule has 6 nitrogen and oxygen atoms in total. The summed E-state index contributed by atoms with van der Waals surface area (Å²) in [7, 11) is 1.53. The Kier molecular flexibility index (Phi) is 7.63. The molecule has 0 atom stereocenters. The van der Waals surface area contributed by atoms with E-state index in [0.29, 0.717) is 22.6 Å². The lowest BCUT2D eigenvalue weighted by Gasteiger charge is -2.15. The number of rotatable bonds is 10. The summed E-state index contributed by atoms with van der Waals surface area (Å²) in [6.45, 7) is 5.66. The molecule has 2 aromatic rings. The van der Waals surface area contributed by atoms with Gasteiger partial charge in [0.15, 0.2) is 5.78 Å². The van der Waals surface area contributed by atoms with E-state index in [1.54, 1.807) is 42.6 Å². The molecule has 1 N–H and O–H groups in total. The summed E-state index contributed by atoms with van der Waals surface area (Å²) in [5.41, 5.74) is 1.08. The number of ketones is 1. The van der Waals surface area contributed by atoms with Crippen LogP contribution in [0.2, 0.25) is 0 Å². The van der Waals surface area contributed by atoms with Crippen molar-refractivity contribution in [1.82, 2.24) is 4.90 Å². The van der Waals surface area contributed by atoms with Gasteiger partial charge in [0.05, 0.1) is 18.2 Å². The smallest absolute Gasteiger partial charge is 0.336 e. The molecule has 0 aliphatic carbocycles. The number of methoxy groups -OCH3 is 1. The summed E-state index contributed by atoms with van der Waals surface area (Å²) in [4.78, 5) is 26.0. The fourth-order valence-corrected chi connectivity index (χ4v) is 2.66. The summed E-state index contributed by atoms with van der Waals surface area (Å²) in [6, 6.07) is 11.6. The maximum Gasteiger partial charge on any atom is 0.336 e. The van der Waals surface area contributed by atoms with Crippen molar-refractivity contribution in [3.8, 4) is 11.5 Å². The zero-order chi connectivity index (χ0) is 20.5. The van der Waals surface area contributed by atoms with Crippen LogP contribution in [-0.4, -0.2) is 42.0 Å². The Hall–Kier alpha value is -3.28. The molecule has 0 aliphatic rings. The molecule has 6 heteroatoms. The second-order valence-corrected chi connectivity index (χ2v) is 6.01. The van der Waals surface area contributed by atoms with Crippen LogP contribution >= 0.6 is 0 Å². The van der Waals surface area contributed by atoms with Crippen LogP contribution in [0.5, 0.6) is 11.5 Å². The maximum absolute atomic E-state index is 12.7. The van der Waals surface area contributed by atoms with Gasteiger partial charge in [-0.2, -0.15) is 0 Å². The second kappa shape index (κ2) is 10.2. The predicted molar refractivity (Wildman–Crippen MR) is 107 cm³/mol. The number of aromatic carboxylic acids is 1. The highest BCUT2D eigenvalue weighted by molar-refractivity contribution is 6.06. The van der Waals surface area contributed by atoms with Gasteiger partial charge in [-0.05, 0) is 32.0 Å². The highest BCUT2D eigenvalue weighted by Crippen LogP contribution is 2.27. The monoisotopic (exact) mass is 383 g/mol. The number of carboxylic acid groups (broad SMARTS) is 1. The Balaban J connectivity index is 2.28. The Labute approximate surface area is 165 Å². The first-order valence-electron chi connectivity index (χ1n) is 9.08. The fraction of sp³-hybridized carbons (Fsp3) is 0.273. The van der Waals surface area contributed by atoms with Crippen molar-refractivity contribution in [2.45, 2.75) is 20.5 Å². The number of allylic oxidation sites excluding steroid dienone is 1. The minimum absolute atomic E-state index is 0.0235. The van der Waals surface area contributed by atoms with Gasteiger partial charge in [-0.25, -0.2) is 4.79 Å². The van der Waals surface area contributed by atoms with E-state index >= 15 is 0 Å². The van der Waals surface area contributed by atoms with Crippen LogP contribution in [0.15, 0.2) is 54.7 Å². The van der Waals surface area contributed by atoms with E-state index in [9.17, 15) is 14.7 Å². The molecule has 0 bridgehead atoms. The van der Waals surface area contributed by atoms with E-state index < -0.39 is 5.97 Å². The first kappa shape index (κ1) is 21.0. The molecule has 0 saturated heterocycles. The molecule has 0 heterocycles. The average molecular weight is 383 g/mol. The predicted octanol–water partition coefficient (Wildman–Crippen LogP) is 4.01. The molecule has 0 aliphatic heterocycles. The third-order valence-corrected chi connectivity index (χ3v) is 4.33. The zero-order valence-electron chi connectivity index (χ0n) is 16.3. The van der Waals surface area contributed by atoms with Crippen LogP contribution in [0.1, 0.15) is 40.1 Å². The SMILES string of the molecule is CCN(/C=C/C(=O)c1ccc(OC)cc1OCc1ccccc1C(=O)O)CC. The largest absolute Gasteiger partial charge is 0.497 e. The first-order valence-corrected chi connectivity index (χ1v) is 9.08. The molecule has 0 saturated carbocycles. The highest BCUT2D eigenvalue weighted by Gasteiger charge is 2.14. The Morgan fingerprint density at radius 2 is 1.79 bits per heavy atom. The van der Waals surface area contributed by atoms with Crippen molar-refractivity contribution in [2.24, 2.45) is 0 Å². The lowest BCUT2D eigenvalue weighted by atomic mass is 10.1. The lowest BCUT2D eigenvalue weighted by Crippen LogP contribution is -2.16. The standard InChI is InChI=1S/C22H25NO5/c1-4-23(5-2)13-12-20(24)19-11-10-17(27-3)14-21(19)28-15-16-8-6-7-9-18(16)22(25)26/h6-14H,4-5,15H2,1-3H3,(H,25,26)/b13-12+. The number of ether oxygens (including phenoxy) is 2. The Morgan fingerprint density at radius 3 is 2.43 bits per heavy atom. The van der Waals surface area contributed by atoms with Crippen LogP contribution in [0.25, 0.3) is 0 Å². The van der Waals surface area contributed by atoms with Gasteiger partial charge in [0.25, 0.3) is 0 Å². The van der Waals surface area contributed by atoms with Gasteiger partial charge in [-0.1, -0.05) is 18.2 Å². The summed E-state index contributed by atoms with van der Waals surface area (Å²) >= 11 is 0. The van der Waals surface area contributed by atoms with Crippen molar-refractivity contribution in [2.75, 3.05) is 20.2 Å². The van der Waals surface area contributed by atoms with E-state index in [0.717, 1.165) is 13.1 Å². The van der Waals surface area contributed by atoms with E-state index in [1.165, 1.54) is 19.3 Å². The van der Waals surface area contributed by atoms with Crippen molar-refractivity contribution in [1.29, 1.82) is 0 Å². The van der Waals surface area contributed by atoms with Gasteiger partial charge in [0.2, 0.25) is 0 Å². The zero-order valence-corrected chi connectivity index (χ0v) is 16.3. The minimum atomic E-state index is -1.02. The van der Waals surface area contributed by atoms with E-state index in [1.807, 2.05) is 18.7 Å². The van der Waals surface area contributed by atoms with E-state index in [2.05, 4.69) is 0 Å². The van der Waals surface area contributed by atoms with Crippen LogP contribution in [-0.2, 0) is 6.61 Å². The summed E-state index contributed by atoms with van der Waals surface area (Å²) < 4.78 is 11.1. The van der Waals surface area contributed by atoms with Gasteiger partial charge >= 0.3 is 5.97 Å². The van der Waals surface area contributed by atoms with Crippen molar-refractivity contribution in [3.63, 3.8) is 0 Å². The Bertz CT molecular complexity index is 856. The molecule has 0 spiro atoms. The molecule has 2 aromatic carbocycles.